The van der Waals surface area contributed by atoms with Crippen molar-refractivity contribution >= 4 is 5.78 Å². The number of aliphatic hydroxyl groups excluding tert-OH is 2. The lowest BCUT2D eigenvalue weighted by molar-refractivity contribution is -0.215. The number of phenolic OH excluding ortho intramolecular Hbond substituents is 1. The SMILES string of the molecule is CC(C)[C@@H](C)[C@H]1O[C@H]1[C@](C)(O)[C@@H]1CC[C@]2(O)C3=CC(=O)[C@@]4(Cc5ccc(O)cc5)C[C@@H](O)[C@@H](O)[C@H]5CC[C@@]3(CC[C@]12C)[C@@]54C. The van der Waals surface area contributed by atoms with E-state index in [1.807, 2.05) is 19.1 Å². The average Bonchev–Trinajstić information content (AvgIpc) is 3.64. The Hall–Kier alpha value is -1.77. The topological polar surface area (TPSA) is 131 Å². The number of ether oxygens (including phenoxy) is 1. The average molecular weight is 609 g/mol. The summed E-state index contributed by atoms with van der Waals surface area (Å²) in [5, 5.41) is 57.8. The van der Waals surface area contributed by atoms with Gasteiger partial charge in [0, 0.05) is 16.2 Å². The van der Waals surface area contributed by atoms with E-state index in [0.29, 0.717) is 43.9 Å². The van der Waals surface area contributed by atoms with Crippen LogP contribution in [0.5, 0.6) is 5.75 Å². The van der Waals surface area contributed by atoms with E-state index in [4.69, 9.17) is 4.74 Å². The molecule has 1 aromatic carbocycles. The largest absolute Gasteiger partial charge is 0.508 e. The molecule has 4 saturated carbocycles. The second-order valence-electron chi connectivity index (χ2n) is 16.8. The highest BCUT2D eigenvalue weighted by molar-refractivity contribution is 5.99. The first kappa shape index (κ1) is 30.9. The quantitative estimate of drug-likeness (QED) is 0.296. The number of aromatic hydroxyl groups is 1. The molecule has 5 fully saturated rings. The van der Waals surface area contributed by atoms with Gasteiger partial charge in [-0.1, -0.05) is 46.8 Å². The van der Waals surface area contributed by atoms with Gasteiger partial charge in [-0.3, -0.25) is 4.79 Å². The minimum absolute atomic E-state index is 0.00197. The van der Waals surface area contributed by atoms with Crippen molar-refractivity contribution in [3.05, 3.63) is 41.5 Å². The number of hydrogen-bond donors (Lipinski definition) is 5. The fourth-order valence-corrected chi connectivity index (χ4v) is 12.2. The van der Waals surface area contributed by atoms with E-state index in [1.165, 1.54) is 0 Å². The predicted octanol–water partition coefficient (Wildman–Crippen LogP) is 4.71. The van der Waals surface area contributed by atoms with Crippen LogP contribution >= 0.6 is 0 Å². The number of hydrogen-bond acceptors (Lipinski definition) is 7. The van der Waals surface area contributed by atoms with E-state index < -0.39 is 45.1 Å². The summed E-state index contributed by atoms with van der Waals surface area (Å²) in [6.07, 6.45) is 4.07. The molecule has 0 amide bonds. The highest BCUT2D eigenvalue weighted by Crippen LogP contribution is 2.81. The van der Waals surface area contributed by atoms with Gasteiger partial charge >= 0.3 is 0 Å². The Morgan fingerprint density at radius 1 is 1.02 bits per heavy atom. The lowest BCUT2D eigenvalue weighted by atomic mass is 9.35. The van der Waals surface area contributed by atoms with E-state index in [2.05, 4.69) is 34.6 Å². The number of carbonyl (C=O) groups is 1. The highest BCUT2D eigenvalue weighted by Gasteiger charge is 2.80. The first-order valence-corrected chi connectivity index (χ1v) is 17.0. The molecule has 1 saturated heterocycles. The van der Waals surface area contributed by atoms with Gasteiger partial charge in [0.25, 0.3) is 0 Å². The molecule has 0 radical (unpaired) electrons. The van der Waals surface area contributed by atoms with E-state index in [9.17, 15) is 30.3 Å². The number of ketones is 1. The predicted molar refractivity (Wildman–Crippen MR) is 166 cm³/mol. The molecule has 1 heterocycles. The maximum absolute atomic E-state index is 14.8. The monoisotopic (exact) mass is 608 g/mol. The first-order chi connectivity index (χ1) is 20.5. The van der Waals surface area contributed by atoms with Gasteiger partial charge in [-0.05, 0) is 117 Å². The van der Waals surface area contributed by atoms with Crippen molar-refractivity contribution in [2.45, 2.75) is 129 Å². The minimum Gasteiger partial charge on any atom is -0.508 e. The summed E-state index contributed by atoms with van der Waals surface area (Å²) >= 11 is 0. The van der Waals surface area contributed by atoms with Gasteiger partial charge in [0.05, 0.1) is 29.5 Å². The molecule has 44 heavy (non-hydrogen) atoms. The number of benzene rings is 1. The Kier molecular flexibility index (Phi) is 6.60. The summed E-state index contributed by atoms with van der Waals surface area (Å²) < 4.78 is 6.16. The summed E-state index contributed by atoms with van der Waals surface area (Å²) in [5.41, 5.74) is -3.48. The maximum Gasteiger partial charge on any atom is 0.162 e. The van der Waals surface area contributed by atoms with Crippen LogP contribution in [0, 0.1) is 45.3 Å². The van der Waals surface area contributed by atoms with E-state index in [1.54, 1.807) is 18.2 Å². The molecule has 7 nitrogen and oxygen atoms in total. The van der Waals surface area contributed by atoms with Crippen LogP contribution in [0.4, 0.5) is 0 Å². The van der Waals surface area contributed by atoms with Crippen molar-refractivity contribution in [2.75, 3.05) is 0 Å². The number of epoxide rings is 1. The zero-order valence-corrected chi connectivity index (χ0v) is 27.2. The van der Waals surface area contributed by atoms with Gasteiger partial charge < -0.3 is 30.3 Å². The van der Waals surface area contributed by atoms with Crippen LogP contribution < -0.4 is 0 Å². The Labute approximate surface area is 261 Å². The second-order valence-corrected chi connectivity index (χ2v) is 16.8. The fourth-order valence-electron chi connectivity index (χ4n) is 12.2. The van der Waals surface area contributed by atoms with Gasteiger partial charge in [0.1, 0.15) is 11.9 Å². The number of allylic oxidation sites excluding steroid dienone is 1. The van der Waals surface area contributed by atoms with E-state index in [0.717, 1.165) is 24.0 Å². The molecule has 7 heteroatoms. The standard InChI is InChI=1S/C37H52O7/c1-20(2)21(3)30-31(44-30)33(5,42)26-12-14-37(43)27-17-28(40)36(18-22-7-9-23(38)10-8-22)19-25(39)29(41)24-11-13-35(27,34(24,36)6)16-15-32(26,37)4/h7-10,17,20-21,24-26,29-31,38-39,41-43H,11-16,18-19H2,1-6H3/t21-,24-,25-,26-,29+,30-,31-,32-,33-,34-,35+,36-,37+/m1/s1. The van der Waals surface area contributed by atoms with Gasteiger partial charge in [0.2, 0.25) is 0 Å². The molecule has 242 valence electrons. The molecule has 1 aliphatic heterocycles. The zero-order chi connectivity index (χ0) is 31.8. The molecule has 0 aromatic heterocycles. The summed E-state index contributed by atoms with van der Waals surface area (Å²) in [7, 11) is 0. The fraction of sp³-hybridized carbons (Fsp3) is 0.757. The molecule has 13 atom stereocenters. The van der Waals surface area contributed by atoms with Crippen molar-refractivity contribution in [2.24, 2.45) is 45.3 Å². The van der Waals surface area contributed by atoms with Gasteiger partial charge in [0.15, 0.2) is 5.78 Å². The molecule has 1 aromatic rings. The molecule has 0 unspecified atom stereocenters. The second kappa shape index (κ2) is 9.41. The number of aliphatic hydroxyl groups is 4. The van der Waals surface area contributed by atoms with Crippen LogP contribution in [0.15, 0.2) is 35.9 Å². The Morgan fingerprint density at radius 2 is 1.70 bits per heavy atom. The number of phenols is 1. The maximum atomic E-state index is 14.8. The third kappa shape index (κ3) is 3.54. The molecular weight excluding hydrogens is 556 g/mol. The van der Waals surface area contributed by atoms with E-state index >= 15 is 0 Å². The van der Waals surface area contributed by atoms with E-state index in [-0.39, 0.29) is 42.0 Å². The molecule has 0 bridgehead atoms. The van der Waals surface area contributed by atoms with Crippen molar-refractivity contribution in [1.82, 2.24) is 0 Å². The van der Waals surface area contributed by atoms with Crippen molar-refractivity contribution in [3.8, 4) is 5.75 Å². The lowest BCUT2D eigenvalue weighted by Gasteiger charge is -2.69. The van der Waals surface area contributed by atoms with Crippen LogP contribution in [0.3, 0.4) is 0 Å². The Morgan fingerprint density at radius 3 is 2.36 bits per heavy atom. The van der Waals surface area contributed by atoms with Crippen LogP contribution in [-0.2, 0) is 16.0 Å². The lowest BCUT2D eigenvalue weighted by Crippen LogP contribution is -2.71. The van der Waals surface area contributed by atoms with Crippen molar-refractivity contribution in [3.63, 3.8) is 0 Å². The molecular formula is C37H52O7. The molecule has 5 aliphatic carbocycles. The van der Waals surface area contributed by atoms with Gasteiger partial charge in [-0.15, -0.1) is 0 Å². The molecule has 5 N–H and O–H groups in total. The number of rotatable bonds is 6. The molecule has 7 rings (SSSR count). The van der Waals surface area contributed by atoms with Crippen molar-refractivity contribution in [1.29, 1.82) is 0 Å². The summed E-state index contributed by atoms with van der Waals surface area (Å²) in [4.78, 5) is 14.8. The summed E-state index contributed by atoms with van der Waals surface area (Å²) in [5.74, 6) is 0.342. The Bertz CT molecular complexity index is 1380. The Balaban J connectivity index is 1.32. The van der Waals surface area contributed by atoms with Gasteiger partial charge in [-0.25, -0.2) is 0 Å². The minimum atomic E-state index is -1.27. The van der Waals surface area contributed by atoms with Crippen molar-refractivity contribution < 1.29 is 35.1 Å². The smallest absolute Gasteiger partial charge is 0.162 e. The molecule has 1 spiro atoms. The summed E-state index contributed by atoms with van der Waals surface area (Å²) in [6, 6.07) is 6.95. The van der Waals surface area contributed by atoms with Crippen LogP contribution in [-0.4, -0.2) is 66.9 Å². The highest BCUT2D eigenvalue weighted by atomic mass is 16.6. The summed E-state index contributed by atoms with van der Waals surface area (Å²) in [6.45, 7) is 12.7. The molecule has 6 aliphatic rings. The normalized spacial score (nSPS) is 49.5. The van der Waals surface area contributed by atoms with Crippen LogP contribution in [0.2, 0.25) is 0 Å². The van der Waals surface area contributed by atoms with Crippen LogP contribution in [0.25, 0.3) is 0 Å². The van der Waals surface area contributed by atoms with Gasteiger partial charge in [-0.2, -0.15) is 0 Å². The number of carbonyl (C=O) groups excluding carboxylic acids is 1. The van der Waals surface area contributed by atoms with Crippen LogP contribution in [0.1, 0.15) is 92.1 Å². The zero-order valence-electron chi connectivity index (χ0n) is 27.2. The number of fused-ring (bicyclic) bond motifs is 2. The first-order valence-electron chi connectivity index (χ1n) is 17.0. The third-order valence-corrected chi connectivity index (χ3v) is 15.1. The third-order valence-electron chi connectivity index (χ3n) is 15.1.